The molecule has 0 amide bonds. The predicted molar refractivity (Wildman–Crippen MR) is 50.2 cm³/mol. The quantitative estimate of drug-likeness (QED) is 0.374. The molecule has 0 aliphatic rings. The van der Waals surface area contributed by atoms with Crippen LogP contribution in [0.25, 0.3) is 0 Å². The second kappa shape index (κ2) is 4.59. The van der Waals surface area contributed by atoms with E-state index in [-0.39, 0.29) is 0 Å². The maximum Gasteiger partial charge on any atom is 0.113 e. The lowest BCUT2D eigenvalue weighted by Gasteiger charge is -2.04. The summed E-state index contributed by atoms with van der Waals surface area (Å²) >= 11 is 0. The molecular weight excluding hydrogens is 168 g/mol. The van der Waals surface area contributed by atoms with E-state index in [4.69, 9.17) is 5.21 Å². The lowest BCUT2D eigenvalue weighted by atomic mass is 10.1. The lowest BCUT2D eigenvalue weighted by molar-refractivity contribution is 0.199. The van der Waals surface area contributed by atoms with E-state index >= 15 is 0 Å². The van der Waals surface area contributed by atoms with Gasteiger partial charge in [-0.05, 0) is 24.6 Å². The Labute approximate surface area is 76.5 Å². The van der Waals surface area contributed by atoms with Gasteiger partial charge >= 0.3 is 0 Å². The average Bonchev–Trinajstić information content (AvgIpc) is 2.15. The van der Waals surface area contributed by atoms with Crippen molar-refractivity contribution < 1.29 is 10.3 Å². The van der Waals surface area contributed by atoms with E-state index in [9.17, 15) is 5.11 Å². The molecule has 3 N–H and O–H groups in total. The third kappa shape index (κ3) is 2.85. The highest BCUT2D eigenvalue weighted by atomic mass is 16.5. The van der Waals surface area contributed by atoms with Crippen LogP contribution in [0.4, 0.5) is 5.69 Å². The highest BCUT2D eigenvalue weighted by Gasteiger charge is 1.99. The summed E-state index contributed by atoms with van der Waals surface area (Å²) in [7, 11) is 0. The second-order valence-electron chi connectivity index (χ2n) is 2.66. The van der Waals surface area contributed by atoms with Gasteiger partial charge in [-0.15, -0.1) is 0 Å². The van der Waals surface area contributed by atoms with E-state index in [0.29, 0.717) is 5.69 Å². The van der Waals surface area contributed by atoms with Crippen molar-refractivity contribution in [2.24, 2.45) is 4.99 Å². The molecule has 4 heteroatoms. The minimum Gasteiger partial charge on any atom is -0.389 e. The van der Waals surface area contributed by atoms with Crippen molar-refractivity contribution in [1.82, 2.24) is 5.48 Å². The van der Waals surface area contributed by atoms with Crippen LogP contribution in [-0.2, 0) is 0 Å². The van der Waals surface area contributed by atoms with Gasteiger partial charge in [0.1, 0.15) is 6.34 Å². The molecule has 1 rings (SSSR count). The Kier molecular flexibility index (Phi) is 3.42. The molecule has 4 nitrogen and oxygen atoms in total. The van der Waals surface area contributed by atoms with Crippen molar-refractivity contribution in [2.75, 3.05) is 0 Å². The van der Waals surface area contributed by atoms with Crippen LogP contribution in [0.5, 0.6) is 0 Å². The van der Waals surface area contributed by atoms with Crippen LogP contribution < -0.4 is 5.48 Å². The number of hydrogen-bond acceptors (Lipinski definition) is 3. The molecule has 1 atom stereocenters. The van der Waals surface area contributed by atoms with E-state index in [2.05, 4.69) is 4.99 Å². The Morgan fingerprint density at radius 2 is 2.31 bits per heavy atom. The van der Waals surface area contributed by atoms with Gasteiger partial charge in [0.25, 0.3) is 0 Å². The molecule has 0 spiro atoms. The SMILES string of the molecule is CC(O)c1cccc(N=CNO)c1. The highest BCUT2D eigenvalue weighted by molar-refractivity contribution is 5.59. The second-order valence-corrected chi connectivity index (χ2v) is 2.66. The number of rotatable bonds is 3. The summed E-state index contributed by atoms with van der Waals surface area (Å²) in [5, 5.41) is 17.5. The summed E-state index contributed by atoms with van der Waals surface area (Å²) in [4.78, 5) is 3.87. The molecule has 0 saturated carbocycles. The maximum absolute atomic E-state index is 9.26. The van der Waals surface area contributed by atoms with Crippen molar-refractivity contribution in [2.45, 2.75) is 13.0 Å². The van der Waals surface area contributed by atoms with Gasteiger partial charge in [0, 0.05) is 0 Å². The molecule has 0 saturated heterocycles. The summed E-state index contributed by atoms with van der Waals surface area (Å²) in [5.74, 6) is 0. The molecule has 0 aliphatic heterocycles. The first-order valence-electron chi connectivity index (χ1n) is 3.94. The Hall–Kier alpha value is -1.39. The van der Waals surface area contributed by atoms with E-state index in [1.165, 1.54) is 6.34 Å². The van der Waals surface area contributed by atoms with E-state index < -0.39 is 6.10 Å². The van der Waals surface area contributed by atoms with Crippen LogP contribution in [0.3, 0.4) is 0 Å². The first kappa shape index (κ1) is 9.70. The van der Waals surface area contributed by atoms with Crippen LogP contribution in [0.15, 0.2) is 29.3 Å². The third-order valence-electron chi connectivity index (χ3n) is 1.62. The van der Waals surface area contributed by atoms with Crippen molar-refractivity contribution in [3.05, 3.63) is 29.8 Å². The van der Waals surface area contributed by atoms with Gasteiger partial charge in [-0.1, -0.05) is 12.1 Å². The molecular formula is C9H12N2O2. The first-order chi connectivity index (χ1) is 6.24. The van der Waals surface area contributed by atoms with Crippen molar-refractivity contribution in [1.29, 1.82) is 0 Å². The van der Waals surface area contributed by atoms with Gasteiger partial charge in [-0.25, -0.2) is 4.99 Å². The van der Waals surface area contributed by atoms with Gasteiger partial charge in [0.2, 0.25) is 0 Å². The van der Waals surface area contributed by atoms with Crippen LogP contribution in [0.2, 0.25) is 0 Å². The average molecular weight is 180 g/mol. The highest BCUT2D eigenvalue weighted by Crippen LogP contribution is 2.18. The molecule has 13 heavy (non-hydrogen) atoms. The topological polar surface area (TPSA) is 64.9 Å². The Morgan fingerprint density at radius 3 is 2.92 bits per heavy atom. The zero-order chi connectivity index (χ0) is 9.68. The monoisotopic (exact) mass is 180 g/mol. The van der Waals surface area contributed by atoms with Crippen molar-refractivity contribution in [3.63, 3.8) is 0 Å². The number of nitrogens with zero attached hydrogens (tertiary/aromatic N) is 1. The smallest absolute Gasteiger partial charge is 0.113 e. The Balaban J connectivity index is 2.85. The van der Waals surface area contributed by atoms with Gasteiger partial charge in [-0.3, -0.25) is 10.7 Å². The van der Waals surface area contributed by atoms with E-state index in [0.717, 1.165) is 5.56 Å². The zero-order valence-corrected chi connectivity index (χ0v) is 7.31. The number of aliphatic hydroxyl groups excluding tert-OH is 1. The molecule has 70 valence electrons. The maximum atomic E-state index is 9.26. The molecule has 0 aromatic heterocycles. The Bertz CT molecular complexity index is 297. The van der Waals surface area contributed by atoms with Gasteiger partial charge in [-0.2, -0.15) is 0 Å². The minimum absolute atomic E-state index is 0.503. The zero-order valence-electron chi connectivity index (χ0n) is 7.31. The van der Waals surface area contributed by atoms with Crippen LogP contribution in [-0.4, -0.2) is 16.7 Å². The fraction of sp³-hybridized carbons (Fsp3) is 0.222. The van der Waals surface area contributed by atoms with Crippen LogP contribution in [0, 0.1) is 0 Å². The van der Waals surface area contributed by atoms with Crippen LogP contribution in [0.1, 0.15) is 18.6 Å². The summed E-state index contributed by atoms with van der Waals surface area (Å²) in [5.41, 5.74) is 3.29. The largest absolute Gasteiger partial charge is 0.389 e. The summed E-state index contributed by atoms with van der Waals surface area (Å²) in [6.07, 6.45) is 0.665. The molecule has 0 bridgehead atoms. The summed E-state index contributed by atoms with van der Waals surface area (Å²) in [6, 6.07) is 7.14. The number of aliphatic hydroxyl groups is 1. The minimum atomic E-state index is -0.503. The Morgan fingerprint density at radius 1 is 1.54 bits per heavy atom. The first-order valence-corrected chi connectivity index (χ1v) is 3.94. The number of benzene rings is 1. The summed E-state index contributed by atoms with van der Waals surface area (Å²) in [6.45, 7) is 1.69. The van der Waals surface area contributed by atoms with Gasteiger partial charge < -0.3 is 5.11 Å². The molecule has 0 radical (unpaired) electrons. The number of nitrogens with one attached hydrogen (secondary N) is 1. The number of hydroxylamine groups is 1. The molecule has 0 aliphatic carbocycles. The fourth-order valence-corrected chi connectivity index (χ4v) is 0.968. The molecule has 0 fully saturated rings. The molecule has 1 aromatic rings. The third-order valence-corrected chi connectivity index (χ3v) is 1.62. The predicted octanol–water partition coefficient (Wildman–Crippen LogP) is 1.38. The summed E-state index contributed by atoms with van der Waals surface area (Å²) < 4.78 is 0. The van der Waals surface area contributed by atoms with Gasteiger partial charge in [0.05, 0.1) is 11.8 Å². The molecule has 1 unspecified atom stereocenters. The molecule has 0 heterocycles. The number of aliphatic imine (C=N–C) groups is 1. The van der Waals surface area contributed by atoms with Gasteiger partial charge in [0.15, 0.2) is 0 Å². The van der Waals surface area contributed by atoms with E-state index in [1.54, 1.807) is 25.1 Å². The number of hydrogen-bond donors (Lipinski definition) is 3. The van der Waals surface area contributed by atoms with Crippen molar-refractivity contribution >= 4 is 12.0 Å². The van der Waals surface area contributed by atoms with Crippen LogP contribution >= 0.6 is 0 Å². The van der Waals surface area contributed by atoms with Crippen molar-refractivity contribution in [3.8, 4) is 0 Å². The normalized spacial score (nSPS) is 13.2. The standard InChI is InChI=1S/C9H12N2O2/c1-7(12)8-3-2-4-9(5-8)10-6-11-13/h2-7,12-13H,1H3,(H,10,11). The van der Waals surface area contributed by atoms with E-state index in [1.807, 2.05) is 11.5 Å². The fourth-order valence-electron chi connectivity index (χ4n) is 0.968. The molecule has 1 aromatic carbocycles. The lowest BCUT2D eigenvalue weighted by Crippen LogP contribution is -2.00.